The first-order valence-electron chi connectivity index (χ1n) is 8.34. The highest BCUT2D eigenvalue weighted by Gasteiger charge is 2.30. The van der Waals surface area contributed by atoms with E-state index in [1.807, 2.05) is 0 Å². The summed E-state index contributed by atoms with van der Waals surface area (Å²) in [6, 6.07) is 4.57. The highest BCUT2D eigenvalue weighted by Crippen LogP contribution is 2.29. The lowest BCUT2D eigenvalue weighted by Gasteiger charge is -2.34. The molecule has 0 spiro atoms. The molecule has 2 amide bonds. The zero-order valence-corrected chi connectivity index (χ0v) is 14.3. The van der Waals surface area contributed by atoms with E-state index in [2.05, 4.69) is 9.97 Å². The highest BCUT2D eigenvalue weighted by molar-refractivity contribution is 5.92. The second kappa shape index (κ2) is 7.73. The maximum atomic E-state index is 12.6. The Morgan fingerprint density at radius 2 is 1.59 bits per heavy atom. The van der Waals surface area contributed by atoms with E-state index in [1.54, 1.807) is 9.80 Å². The fourth-order valence-corrected chi connectivity index (χ4v) is 2.83. The second-order valence-corrected chi connectivity index (χ2v) is 6.14. The normalized spacial score (nSPS) is 14.9. The molecule has 142 valence electrons. The Kier molecular flexibility index (Phi) is 5.38. The third-order valence-corrected chi connectivity index (χ3v) is 4.34. The maximum absolute atomic E-state index is 12.6. The van der Waals surface area contributed by atoms with E-state index < -0.39 is 11.7 Å². The number of rotatable bonds is 3. The van der Waals surface area contributed by atoms with Crippen molar-refractivity contribution in [3.63, 3.8) is 0 Å². The first kappa shape index (κ1) is 18.8. The smallest absolute Gasteiger partial charge is 0.339 e. The van der Waals surface area contributed by atoms with Gasteiger partial charge < -0.3 is 9.80 Å². The average Bonchev–Trinajstić information content (AvgIpc) is 2.68. The van der Waals surface area contributed by atoms with Crippen LogP contribution in [0, 0.1) is 0 Å². The average molecular weight is 378 g/mol. The number of piperazine rings is 1. The van der Waals surface area contributed by atoms with Gasteiger partial charge in [0.25, 0.3) is 5.91 Å². The summed E-state index contributed by atoms with van der Waals surface area (Å²) in [7, 11) is 0. The summed E-state index contributed by atoms with van der Waals surface area (Å²) in [5.41, 5.74) is 0.0305. The van der Waals surface area contributed by atoms with Crippen molar-refractivity contribution in [1.82, 2.24) is 19.8 Å². The molecule has 1 aromatic carbocycles. The molecule has 2 heterocycles. The summed E-state index contributed by atoms with van der Waals surface area (Å²) in [6.45, 7) is 1.47. The number of aromatic nitrogens is 2. The standard InChI is InChI=1S/C18H17F3N4O2/c19-18(20,21)14-3-1-13(2-4-14)11-16(26)24-7-9-25(10-8-24)17(27)15-12-22-5-6-23-15/h1-6,12H,7-11H2. The molecule has 1 aliphatic heterocycles. The maximum Gasteiger partial charge on any atom is 0.416 e. The van der Waals surface area contributed by atoms with Gasteiger partial charge in [0.2, 0.25) is 5.91 Å². The van der Waals surface area contributed by atoms with E-state index in [0.717, 1.165) is 12.1 Å². The summed E-state index contributed by atoms with van der Waals surface area (Å²) >= 11 is 0. The molecule has 0 atom stereocenters. The second-order valence-electron chi connectivity index (χ2n) is 6.14. The van der Waals surface area contributed by atoms with E-state index in [4.69, 9.17) is 0 Å². The van der Waals surface area contributed by atoms with Crippen molar-refractivity contribution < 1.29 is 22.8 Å². The highest BCUT2D eigenvalue weighted by atomic mass is 19.4. The summed E-state index contributed by atoms with van der Waals surface area (Å²) in [4.78, 5) is 35.7. The van der Waals surface area contributed by atoms with Gasteiger partial charge in [0, 0.05) is 38.6 Å². The first-order valence-corrected chi connectivity index (χ1v) is 8.34. The minimum atomic E-state index is -4.39. The third-order valence-electron chi connectivity index (χ3n) is 4.34. The Hall–Kier alpha value is -2.97. The summed E-state index contributed by atoms with van der Waals surface area (Å²) in [6.07, 6.45) is -0.0546. The Morgan fingerprint density at radius 1 is 0.963 bits per heavy atom. The molecule has 0 radical (unpaired) electrons. The van der Waals surface area contributed by atoms with Crippen LogP contribution >= 0.6 is 0 Å². The number of nitrogens with zero attached hydrogens (tertiary/aromatic N) is 4. The summed E-state index contributed by atoms with van der Waals surface area (Å²) in [5, 5.41) is 0. The van der Waals surface area contributed by atoms with Crippen LogP contribution in [-0.4, -0.2) is 57.8 Å². The van der Waals surface area contributed by atoms with Crippen LogP contribution in [0.3, 0.4) is 0 Å². The number of benzene rings is 1. The van der Waals surface area contributed by atoms with Crippen LogP contribution in [0.2, 0.25) is 0 Å². The summed E-state index contributed by atoms with van der Waals surface area (Å²) < 4.78 is 37.7. The number of carbonyl (C=O) groups is 2. The van der Waals surface area contributed by atoms with Crippen molar-refractivity contribution in [3.8, 4) is 0 Å². The molecule has 27 heavy (non-hydrogen) atoms. The van der Waals surface area contributed by atoms with Crippen molar-refractivity contribution in [2.75, 3.05) is 26.2 Å². The fraction of sp³-hybridized carbons (Fsp3) is 0.333. The minimum Gasteiger partial charge on any atom is -0.339 e. The zero-order valence-electron chi connectivity index (χ0n) is 14.3. The number of carbonyl (C=O) groups excluding carboxylic acids is 2. The predicted molar refractivity (Wildman–Crippen MR) is 89.7 cm³/mol. The lowest BCUT2D eigenvalue weighted by Crippen LogP contribution is -2.51. The number of hydrogen-bond donors (Lipinski definition) is 0. The molecule has 2 aromatic rings. The van der Waals surface area contributed by atoms with Gasteiger partial charge in [-0.2, -0.15) is 13.2 Å². The van der Waals surface area contributed by atoms with Crippen LogP contribution in [-0.2, 0) is 17.4 Å². The number of amides is 2. The van der Waals surface area contributed by atoms with Crippen LogP contribution in [0.15, 0.2) is 42.9 Å². The lowest BCUT2D eigenvalue weighted by atomic mass is 10.1. The molecule has 0 saturated carbocycles. The van der Waals surface area contributed by atoms with Crippen molar-refractivity contribution in [2.45, 2.75) is 12.6 Å². The van der Waals surface area contributed by atoms with Gasteiger partial charge in [-0.05, 0) is 17.7 Å². The van der Waals surface area contributed by atoms with Crippen LogP contribution in [0.1, 0.15) is 21.6 Å². The number of hydrogen-bond acceptors (Lipinski definition) is 4. The van der Waals surface area contributed by atoms with Gasteiger partial charge in [0.05, 0.1) is 18.2 Å². The number of halogens is 3. The van der Waals surface area contributed by atoms with Gasteiger partial charge in [0.15, 0.2) is 0 Å². The van der Waals surface area contributed by atoms with Gasteiger partial charge in [-0.3, -0.25) is 14.6 Å². The van der Waals surface area contributed by atoms with Crippen LogP contribution in [0.25, 0.3) is 0 Å². The van der Waals surface area contributed by atoms with Crippen molar-refractivity contribution in [1.29, 1.82) is 0 Å². The van der Waals surface area contributed by atoms with E-state index in [0.29, 0.717) is 31.7 Å². The minimum absolute atomic E-state index is 0.0241. The zero-order chi connectivity index (χ0) is 19.4. The van der Waals surface area contributed by atoms with Gasteiger partial charge in [-0.1, -0.05) is 12.1 Å². The van der Waals surface area contributed by atoms with Crippen LogP contribution in [0.5, 0.6) is 0 Å². The van der Waals surface area contributed by atoms with Gasteiger partial charge in [-0.15, -0.1) is 0 Å². The van der Waals surface area contributed by atoms with Crippen molar-refractivity contribution in [3.05, 3.63) is 59.7 Å². The SMILES string of the molecule is O=C(Cc1ccc(C(F)(F)F)cc1)N1CCN(C(=O)c2cnccn2)CC1. The molecule has 3 rings (SSSR count). The van der Waals surface area contributed by atoms with Gasteiger partial charge in [0.1, 0.15) is 5.69 Å². The molecule has 1 fully saturated rings. The summed E-state index contributed by atoms with van der Waals surface area (Å²) in [5.74, 6) is -0.417. The Bertz CT molecular complexity index is 802. The van der Waals surface area contributed by atoms with E-state index >= 15 is 0 Å². The molecular formula is C18H17F3N4O2. The molecule has 1 aromatic heterocycles. The third kappa shape index (κ3) is 4.60. The van der Waals surface area contributed by atoms with Crippen molar-refractivity contribution >= 4 is 11.8 Å². The molecule has 0 aliphatic carbocycles. The molecule has 1 saturated heterocycles. The van der Waals surface area contributed by atoms with Gasteiger partial charge in [-0.25, -0.2) is 4.98 Å². The van der Waals surface area contributed by atoms with Crippen LogP contribution in [0.4, 0.5) is 13.2 Å². The molecule has 0 N–H and O–H groups in total. The quantitative estimate of drug-likeness (QED) is 0.820. The van der Waals surface area contributed by atoms with E-state index in [1.165, 1.54) is 30.7 Å². The number of alkyl halides is 3. The largest absolute Gasteiger partial charge is 0.416 e. The van der Waals surface area contributed by atoms with Crippen LogP contribution < -0.4 is 0 Å². The predicted octanol–water partition coefficient (Wildman–Crippen LogP) is 2.02. The van der Waals surface area contributed by atoms with Crippen molar-refractivity contribution in [2.24, 2.45) is 0 Å². The molecule has 0 bridgehead atoms. The molecular weight excluding hydrogens is 361 g/mol. The Balaban J connectivity index is 1.53. The lowest BCUT2D eigenvalue weighted by molar-refractivity contribution is -0.137. The molecule has 1 aliphatic rings. The van der Waals surface area contributed by atoms with E-state index in [-0.39, 0.29) is 23.9 Å². The monoisotopic (exact) mass is 378 g/mol. The van der Waals surface area contributed by atoms with Gasteiger partial charge >= 0.3 is 6.18 Å². The molecule has 9 heteroatoms. The topological polar surface area (TPSA) is 66.4 Å². The van der Waals surface area contributed by atoms with E-state index in [9.17, 15) is 22.8 Å². The molecule has 0 unspecified atom stereocenters. The fourth-order valence-electron chi connectivity index (χ4n) is 2.83. The Morgan fingerprint density at radius 3 is 2.15 bits per heavy atom. The molecule has 6 nitrogen and oxygen atoms in total. The Labute approximate surface area is 153 Å². The first-order chi connectivity index (χ1) is 12.8.